The number of aromatic nitrogens is 2. The van der Waals surface area contributed by atoms with Gasteiger partial charge in [0.25, 0.3) is 5.56 Å². The van der Waals surface area contributed by atoms with Crippen LogP contribution in [0.25, 0.3) is 0 Å². The van der Waals surface area contributed by atoms with Crippen LogP contribution in [0.1, 0.15) is 57.1 Å². The van der Waals surface area contributed by atoms with Crippen LogP contribution in [0, 0.1) is 5.41 Å². The van der Waals surface area contributed by atoms with Crippen molar-refractivity contribution in [3.8, 4) is 5.75 Å². The third-order valence-corrected chi connectivity index (χ3v) is 6.43. The van der Waals surface area contributed by atoms with Gasteiger partial charge in [-0.1, -0.05) is 44.7 Å². The molecular formula is C22H25N3O3S. The monoisotopic (exact) mass is 411 g/mol. The Balaban J connectivity index is 1.92. The van der Waals surface area contributed by atoms with Crippen LogP contribution in [0.3, 0.4) is 0 Å². The van der Waals surface area contributed by atoms with Gasteiger partial charge in [0.2, 0.25) is 0 Å². The van der Waals surface area contributed by atoms with Crippen LogP contribution >= 0.6 is 11.8 Å². The van der Waals surface area contributed by atoms with Crippen molar-refractivity contribution < 1.29 is 9.90 Å². The molecule has 4 rings (SSSR count). The Hall–Kier alpha value is -2.54. The maximum Gasteiger partial charge on any atom is 0.257 e. The normalized spacial score (nSPS) is 20.1. The first-order chi connectivity index (χ1) is 13.8. The van der Waals surface area contributed by atoms with E-state index in [0.29, 0.717) is 35.0 Å². The fourth-order valence-corrected chi connectivity index (χ4v) is 4.92. The van der Waals surface area contributed by atoms with Crippen molar-refractivity contribution >= 4 is 23.4 Å². The second kappa shape index (κ2) is 7.37. The summed E-state index contributed by atoms with van der Waals surface area (Å²) in [6, 6.07) is 6.78. The van der Waals surface area contributed by atoms with E-state index >= 15 is 0 Å². The number of thioether (sulfide) groups is 1. The Kier molecular flexibility index (Phi) is 5.02. The zero-order valence-corrected chi connectivity index (χ0v) is 17.7. The van der Waals surface area contributed by atoms with Crippen molar-refractivity contribution in [2.45, 2.75) is 51.1 Å². The number of rotatable bonds is 4. The van der Waals surface area contributed by atoms with E-state index in [2.05, 4.69) is 36.1 Å². The number of phenolic OH excluding ortho intramolecular Hbond substituents is 1. The van der Waals surface area contributed by atoms with Gasteiger partial charge in [-0.25, -0.2) is 4.98 Å². The molecule has 0 saturated heterocycles. The zero-order chi connectivity index (χ0) is 20.8. The highest BCUT2D eigenvalue weighted by Crippen LogP contribution is 2.47. The molecule has 1 aliphatic heterocycles. The Morgan fingerprint density at radius 2 is 2.07 bits per heavy atom. The van der Waals surface area contributed by atoms with E-state index in [1.807, 2.05) is 6.07 Å². The molecule has 1 aliphatic carbocycles. The molecule has 2 aliphatic rings. The van der Waals surface area contributed by atoms with Crippen LogP contribution in [-0.2, 0) is 4.79 Å². The van der Waals surface area contributed by atoms with Gasteiger partial charge in [-0.05, 0) is 36.0 Å². The molecule has 2 aromatic rings. The number of anilines is 1. The first-order valence-electron chi connectivity index (χ1n) is 9.88. The standard InChI is InChI=1S/C22H25N3O3S/c1-4-8-29-21-24-19-18(20(28)25-21)16(12-6-5-7-13(26)9-12)17-14(23-19)10-22(2,3)11-15(17)27/h5-7,9,16,26H,4,8,10-11H2,1-3H3,(H2,23,24,25,28). The number of carbonyl (C=O) groups is 1. The molecule has 7 heteroatoms. The van der Waals surface area contributed by atoms with Gasteiger partial charge in [0.1, 0.15) is 11.6 Å². The van der Waals surface area contributed by atoms with Crippen LogP contribution in [0.5, 0.6) is 5.75 Å². The molecule has 3 N–H and O–H groups in total. The number of phenols is 1. The predicted octanol–water partition coefficient (Wildman–Crippen LogP) is 4.18. The van der Waals surface area contributed by atoms with Gasteiger partial charge in [-0.15, -0.1) is 0 Å². The third kappa shape index (κ3) is 3.71. The average Bonchev–Trinajstić information content (AvgIpc) is 2.63. The van der Waals surface area contributed by atoms with Gasteiger partial charge in [0, 0.05) is 29.4 Å². The number of nitrogens with zero attached hydrogens (tertiary/aromatic N) is 1. The lowest BCUT2D eigenvalue weighted by Crippen LogP contribution is -2.37. The summed E-state index contributed by atoms with van der Waals surface area (Å²) in [6.45, 7) is 6.22. The molecular weight excluding hydrogens is 386 g/mol. The van der Waals surface area contributed by atoms with Crippen LogP contribution < -0.4 is 10.9 Å². The number of hydrogen-bond donors (Lipinski definition) is 3. The highest BCUT2D eigenvalue weighted by atomic mass is 32.2. The van der Waals surface area contributed by atoms with Crippen molar-refractivity contribution in [2.75, 3.05) is 11.1 Å². The molecule has 1 aromatic carbocycles. The van der Waals surface area contributed by atoms with Crippen LogP contribution in [0.15, 0.2) is 45.5 Å². The molecule has 0 fully saturated rings. The molecule has 0 radical (unpaired) electrons. The van der Waals surface area contributed by atoms with Crippen molar-refractivity contribution in [2.24, 2.45) is 5.41 Å². The van der Waals surface area contributed by atoms with E-state index in [4.69, 9.17) is 0 Å². The third-order valence-electron chi connectivity index (χ3n) is 5.35. The van der Waals surface area contributed by atoms with Gasteiger partial charge < -0.3 is 15.4 Å². The van der Waals surface area contributed by atoms with Gasteiger partial charge >= 0.3 is 0 Å². The number of nitrogens with one attached hydrogen (secondary N) is 2. The van der Waals surface area contributed by atoms with Crippen molar-refractivity contribution in [1.29, 1.82) is 0 Å². The summed E-state index contributed by atoms with van der Waals surface area (Å²) in [7, 11) is 0. The lowest BCUT2D eigenvalue weighted by molar-refractivity contribution is -0.118. The number of benzene rings is 1. The highest BCUT2D eigenvalue weighted by molar-refractivity contribution is 7.99. The lowest BCUT2D eigenvalue weighted by Gasteiger charge is -2.38. The largest absolute Gasteiger partial charge is 0.508 e. The van der Waals surface area contributed by atoms with Crippen molar-refractivity contribution in [1.82, 2.24) is 9.97 Å². The number of fused-ring (bicyclic) bond motifs is 1. The van der Waals surface area contributed by atoms with E-state index in [1.165, 1.54) is 11.8 Å². The van der Waals surface area contributed by atoms with Gasteiger partial charge in [-0.2, -0.15) is 0 Å². The number of ketones is 1. The maximum absolute atomic E-state index is 13.1. The summed E-state index contributed by atoms with van der Waals surface area (Å²) in [4.78, 5) is 33.8. The minimum Gasteiger partial charge on any atom is -0.508 e. The molecule has 6 nitrogen and oxygen atoms in total. The number of aromatic hydroxyl groups is 1. The number of carbonyl (C=O) groups excluding carboxylic acids is 1. The Morgan fingerprint density at radius 3 is 2.79 bits per heavy atom. The molecule has 1 aromatic heterocycles. The molecule has 0 amide bonds. The Morgan fingerprint density at radius 1 is 1.28 bits per heavy atom. The number of H-pyrrole nitrogens is 1. The van der Waals surface area contributed by atoms with E-state index in [0.717, 1.165) is 23.4 Å². The number of allylic oxidation sites excluding steroid dienone is 2. The Bertz CT molecular complexity index is 1070. The minimum absolute atomic E-state index is 0.0339. The zero-order valence-electron chi connectivity index (χ0n) is 16.8. The highest BCUT2D eigenvalue weighted by Gasteiger charge is 2.42. The summed E-state index contributed by atoms with van der Waals surface area (Å²) in [6.07, 6.45) is 2.10. The number of aromatic amines is 1. The molecule has 0 bridgehead atoms. The predicted molar refractivity (Wildman–Crippen MR) is 114 cm³/mol. The van der Waals surface area contributed by atoms with E-state index in [9.17, 15) is 14.7 Å². The molecule has 2 heterocycles. The summed E-state index contributed by atoms with van der Waals surface area (Å²) in [5.74, 6) is 0.958. The average molecular weight is 412 g/mol. The smallest absolute Gasteiger partial charge is 0.257 e. The molecule has 152 valence electrons. The SMILES string of the molecule is CCCSc1nc2c(c(=O)[nH]1)C(c1cccc(O)c1)C1=C(CC(C)(C)CC1=O)N2. The fraction of sp³-hybridized carbons (Fsp3) is 0.409. The minimum atomic E-state index is -0.543. The molecule has 1 unspecified atom stereocenters. The maximum atomic E-state index is 13.1. The van der Waals surface area contributed by atoms with E-state index in [1.54, 1.807) is 18.2 Å². The second-order valence-corrected chi connectivity index (χ2v) is 9.55. The van der Waals surface area contributed by atoms with Crippen molar-refractivity contribution in [3.05, 3.63) is 57.0 Å². The number of Topliss-reactive ketones (excluding diaryl/α,β-unsaturated/α-hetero) is 1. The molecule has 0 spiro atoms. The van der Waals surface area contributed by atoms with E-state index in [-0.39, 0.29) is 22.5 Å². The second-order valence-electron chi connectivity index (χ2n) is 8.47. The Labute approximate surface area is 173 Å². The van der Waals surface area contributed by atoms with Gasteiger partial charge in [-0.3, -0.25) is 9.59 Å². The summed E-state index contributed by atoms with van der Waals surface area (Å²) in [5.41, 5.74) is 2.18. The first-order valence-corrected chi connectivity index (χ1v) is 10.9. The summed E-state index contributed by atoms with van der Waals surface area (Å²) < 4.78 is 0. The number of hydrogen-bond acceptors (Lipinski definition) is 6. The first kappa shape index (κ1) is 19.8. The van der Waals surface area contributed by atoms with Gasteiger partial charge in [0.05, 0.1) is 5.56 Å². The molecule has 1 atom stereocenters. The lowest BCUT2D eigenvalue weighted by atomic mass is 9.69. The van der Waals surface area contributed by atoms with Crippen LogP contribution in [0.4, 0.5) is 5.82 Å². The van der Waals surface area contributed by atoms with Crippen molar-refractivity contribution in [3.63, 3.8) is 0 Å². The van der Waals surface area contributed by atoms with Gasteiger partial charge in [0.15, 0.2) is 10.9 Å². The fourth-order valence-electron chi connectivity index (χ4n) is 4.20. The topological polar surface area (TPSA) is 95.1 Å². The quantitative estimate of drug-likeness (QED) is 0.516. The van der Waals surface area contributed by atoms with Crippen LogP contribution in [-0.4, -0.2) is 26.6 Å². The summed E-state index contributed by atoms with van der Waals surface area (Å²) >= 11 is 1.51. The molecule has 0 saturated carbocycles. The van der Waals surface area contributed by atoms with E-state index < -0.39 is 5.92 Å². The summed E-state index contributed by atoms with van der Waals surface area (Å²) in [5, 5.41) is 13.9. The van der Waals surface area contributed by atoms with Crippen LogP contribution in [0.2, 0.25) is 0 Å². The molecule has 29 heavy (non-hydrogen) atoms.